The Morgan fingerprint density at radius 3 is 2.47 bits per heavy atom. The number of hydrogen-bond acceptors (Lipinski definition) is 4. The Labute approximate surface area is 112 Å². The van der Waals surface area contributed by atoms with Gasteiger partial charge in [0.15, 0.2) is 0 Å². The van der Waals surface area contributed by atoms with Crippen LogP contribution in [0.4, 0.5) is 5.95 Å². The summed E-state index contributed by atoms with van der Waals surface area (Å²) in [7, 11) is 0. The van der Waals surface area contributed by atoms with Crippen molar-refractivity contribution in [1.29, 1.82) is 5.26 Å². The molecule has 1 aliphatic rings. The predicted molar refractivity (Wildman–Crippen MR) is 73.6 cm³/mol. The molecule has 0 aliphatic carbocycles. The number of nitriles is 1. The van der Waals surface area contributed by atoms with Crippen molar-refractivity contribution in [1.82, 2.24) is 9.97 Å². The Hall–Kier alpha value is -2.41. The van der Waals surface area contributed by atoms with E-state index in [4.69, 9.17) is 5.26 Å². The number of nitrogens with zero attached hydrogens (tertiary/aromatic N) is 4. The number of anilines is 1. The lowest BCUT2D eigenvalue weighted by atomic mass is 10.1. The molecule has 1 fully saturated rings. The molecule has 4 nitrogen and oxygen atoms in total. The average molecular weight is 250 g/mol. The van der Waals surface area contributed by atoms with Crippen LogP contribution in [-0.2, 0) is 0 Å². The molecule has 0 N–H and O–H groups in total. The van der Waals surface area contributed by atoms with Gasteiger partial charge in [0.05, 0.1) is 5.69 Å². The zero-order valence-electron chi connectivity index (χ0n) is 10.6. The average Bonchev–Trinajstić information content (AvgIpc) is 3.02. The van der Waals surface area contributed by atoms with Crippen LogP contribution >= 0.6 is 0 Å². The summed E-state index contributed by atoms with van der Waals surface area (Å²) in [6, 6.07) is 13.8. The van der Waals surface area contributed by atoms with E-state index in [-0.39, 0.29) is 0 Å². The summed E-state index contributed by atoms with van der Waals surface area (Å²) in [6.07, 6.45) is 2.33. The lowest BCUT2D eigenvalue weighted by molar-refractivity contribution is 0.896. The van der Waals surface area contributed by atoms with Crippen LogP contribution in [0.25, 0.3) is 11.3 Å². The SMILES string of the molecule is N#Cc1cc(-c2ccccc2)nc(N2CCCC2)n1. The zero-order chi connectivity index (χ0) is 13.1. The van der Waals surface area contributed by atoms with Gasteiger partial charge in [0, 0.05) is 24.7 Å². The molecule has 3 rings (SSSR count). The third-order valence-corrected chi connectivity index (χ3v) is 3.29. The molecular weight excluding hydrogens is 236 g/mol. The Balaban J connectivity index is 2.05. The van der Waals surface area contributed by atoms with E-state index < -0.39 is 0 Å². The van der Waals surface area contributed by atoms with Gasteiger partial charge in [-0.25, -0.2) is 9.97 Å². The van der Waals surface area contributed by atoms with Gasteiger partial charge < -0.3 is 4.90 Å². The number of aromatic nitrogens is 2. The zero-order valence-corrected chi connectivity index (χ0v) is 10.6. The van der Waals surface area contributed by atoms with Crippen LogP contribution in [0.2, 0.25) is 0 Å². The van der Waals surface area contributed by atoms with Gasteiger partial charge in [0.2, 0.25) is 5.95 Å². The van der Waals surface area contributed by atoms with E-state index in [9.17, 15) is 0 Å². The minimum Gasteiger partial charge on any atom is -0.341 e. The molecule has 1 aromatic heterocycles. The quantitative estimate of drug-likeness (QED) is 0.822. The molecule has 0 bridgehead atoms. The van der Waals surface area contributed by atoms with Crippen LogP contribution in [0.3, 0.4) is 0 Å². The third kappa shape index (κ3) is 2.41. The van der Waals surface area contributed by atoms with E-state index in [0.29, 0.717) is 11.6 Å². The van der Waals surface area contributed by atoms with Gasteiger partial charge in [0.1, 0.15) is 11.8 Å². The fourth-order valence-corrected chi connectivity index (χ4v) is 2.31. The number of hydrogen-bond donors (Lipinski definition) is 0. The van der Waals surface area contributed by atoms with Crippen molar-refractivity contribution < 1.29 is 0 Å². The third-order valence-electron chi connectivity index (χ3n) is 3.29. The molecule has 2 aromatic rings. The molecule has 4 heteroatoms. The lowest BCUT2D eigenvalue weighted by Crippen LogP contribution is -2.21. The van der Waals surface area contributed by atoms with Crippen LogP contribution in [-0.4, -0.2) is 23.1 Å². The summed E-state index contributed by atoms with van der Waals surface area (Å²) in [5.74, 6) is 0.676. The second-order valence-electron chi connectivity index (χ2n) is 4.61. The smallest absolute Gasteiger partial charge is 0.227 e. The van der Waals surface area contributed by atoms with Crippen molar-refractivity contribution in [3.63, 3.8) is 0 Å². The molecule has 0 unspecified atom stereocenters. The molecule has 1 aromatic carbocycles. The normalized spacial score (nSPS) is 14.4. The maximum atomic E-state index is 9.12. The summed E-state index contributed by atoms with van der Waals surface area (Å²) >= 11 is 0. The van der Waals surface area contributed by atoms with Gasteiger partial charge in [-0.1, -0.05) is 30.3 Å². The second-order valence-corrected chi connectivity index (χ2v) is 4.61. The van der Waals surface area contributed by atoms with Crippen molar-refractivity contribution in [3.05, 3.63) is 42.1 Å². The molecule has 1 saturated heterocycles. The molecule has 94 valence electrons. The first kappa shape index (κ1) is 11.7. The fourth-order valence-electron chi connectivity index (χ4n) is 2.31. The van der Waals surface area contributed by atoms with Crippen molar-refractivity contribution in [2.24, 2.45) is 0 Å². The van der Waals surface area contributed by atoms with E-state index >= 15 is 0 Å². The van der Waals surface area contributed by atoms with Crippen LogP contribution in [0, 0.1) is 11.3 Å². The minimum absolute atomic E-state index is 0.427. The van der Waals surface area contributed by atoms with Crippen molar-refractivity contribution >= 4 is 5.95 Å². The van der Waals surface area contributed by atoms with E-state index in [1.165, 1.54) is 12.8 Å². The molecule has 0 radical (unpaired) electrons. The van der Waals surface area contributed by atoms with E-state index in [1.807, 2.05) is 30.3 Å². The topological polar surface area (TPSA) is 52.8 Å². The Bertz CT molecular complexity index is 610. The standard InChI is InChI=1S/C15H14N4/c16-11-13-10-14(12-6-2-1-3-7-12)18-15(17-13)19-8-4-5-9-19/h1-3,6-7,10H,4-5,8-9H2. The first-order chi connectivity index (χ1) is 9.36. The van der Waals surface area contributed by atoms with E-state index in [0.717, 1.165) is 24.3 Å². The van der Waals surface area contributed by atoms with E-state index in [1.54, 1.807) is 6.07 Å². The minimum atomic E-state index is 0.427. The highest BCUT2D eigenvalue weighted by molar-refractivity contribution is 5.61. The number of benzene rings is 1. The molecular formula is C15H14N4. The maximum absolute atomic E-state index is 9.12. The van der Waals surface area contributed by atoms with Crippen molar-refractivity contribution in [2.45, 2.75) is 12.8 Å². The second kappa shape index (κ2) is 5.07. The highest BCUT2D eigenvalue weighted by Gasteiger charge is 2.16. The Kier molecular flexibility index (Phi) is 3.11. The van der Waals surface area contributed by atoms with Crippen LogP contribution in [0.5, 0.6) is 0 Å². The molecule has 2 heterocycles. The van der Waals surface area contributed by atoms with Gasteiger partial charge in [0.25, 0.3) is 0 Å². The Morgan fingerprint density at radius 1 is 1.05 bits per heavy atom. The summed E-state index contributed by atoms with van der Waals surface area (Å²) in [4.78, 5) is 11.1. The number of rotatable bonds is 2. The van der Waals surface area contributed by atoms with Crippen LogP contribution < -0.4 is 4.90 Å². The van der Waals surface area contributed by atoms with Gasteiger partial charge in [-0.2, -0.15) is 5.26 Å². The molecule has 1 aliphatic heterocycles. The van der Waals surface area contributed by atoms with Gasteiger partial charge in [-0.15, -0.1) is 0 Å². The monoisotopic (exact) mass is 250 g/mol. The molecule has 0 saturated carbocycles. The molecule has 0 spiro atoms. The largest absolute Gasteiger partial charge is 0.341 e. The summed E-state index contributed by atoms with van der Waals surface area (Å²) in [5.41, 5.74) is 2.26. The highest BCUT2D eigenvalue weighted by atomic mass is 15.3. The van der Waals surface area contributed by atoms with E-state index in [2.05, 4.69) is 20.9 Å². The van der Waals surface area contributed by atoms with Gasteiger partial charge in [-0.3, -0.25) is 0 Å². The molecule has 19 heavy (non-hydrogen) atoms. The van der Waals surface area contributed by atoms with Crippen molar-refractivity contribution in [3.8, 4) is 17.3 Å². The maximum Gasteiger partial charge on any atom is 0.227 e. The van der Waals surface area contributed by atoms with Crippen molar-refractivity contribution in [2.75, 3.05) is 18.0 Å². The van der Waals surface area contributed by atoms with Crippen LogP contribution in [0.1, 0.15) is 18.5 Å². The first-order valence-corrected chi connectivity index (χ1v) is 6.46. The van der Waals surface area contributed by atoms with Crippen LogP contribution in [0.15, 0.2) is 36.4 Å². The predicted octanol–water partition coefficient (Wildman–Crippen LogP) is 2.62. The first-order valence-electron chi connectivity index (χ1n) is 6.46. The Morgan fingerprint density at radius 2 is 1.79 bits per heavy atom. The molecule has 0 atom stereocenters. The molecule has 0 amide bonds. The van der Waals surface area contributed by atoms with Gasteiger partial charge >= 0.3 is 0 Å². The fraction of sp³-hybridized carbons (Fsp3) is 0.267. The van der Waals surface area contributed by atoms with Gasteiger partial charge in [-0.05, 0) is 12.8 Å². The summed E-state index contributed by atoms with van der Waals surface area (Å²) < 4.78 is 0. The lowest BCUT2D eigenvalue weighted by Gasteiger charge is -2.16. The highest BCUT2D eigenvalue weighted by Crippen LogP contribution is 2.22. The summed E-state index contributed by atoms with van der Waals surface area (Å²) in [5, 5.41) is 9.12. The summed E-state index contributed by atoms with van der Waals surface area (Å²) in [6.45, 7) is 1.95.